The number of carbonyl (C=O) groups excluding carboxylic acids is 1. The van der Waals surface area contributed by atoms with Crippen LogP contribution in [0, 0.1) is 0 Å². The number of hydrogen-bond acceptors (Lipinski definition) is 4. The van der Waals surface area contributed by atoms with Gasteiger partial charge in [-0.3, -0.25) is 0 Å². The highest BCUT2D eigenvalue weighted by Crippen LogP contribution is 2.12. The summed E-state index contributed by atoms with van der Waals surface area (Å²) in [5, 5.41) is 2.73. The molecule has 0 aliphatic rings. The first-order chi connectivity index (χ1) is 8.72. The molecule has 0 aromatic heterocycles. The Morgan fingerprint density at radius 2 is 1.79 bits per heavy atom. The van der Waals surface area contributed by atoms with Crippen LogP contribution in [0.4, 0.5) is 4.79 Å². The Morgan fingerprint density at radius 3 is 2.26 bits per heavy atom. The van der Waals surface area contributed by atoms with Crippen LogP contribution >= 0.6 is 0 Å². The zero-order valence-electron chi connectivity index (χ0n) is 13.1. The smallest absolute Gasteiger partial charge is 0.407 e. The molecule has 1 amide bonds. The van der Waals surface area contributed by atoms with Crippen molar-refractivity contribution in [3.8, 4) is 0 Å². The summed E-state index contributed by atoms with van der Waals surface area (Å²) in [5.74, 6) is 0. The lowest BCUT2D eigenvalue weighted by Gasteiger charge is -2.23. The number of ether oxygens (including phenoxy) is 1. The summed E-state index contributed by atoms with van der Waals surface area (Å²) in [6.45, 7) is 3.81. The number of alkyl carbamates (subject to hydrolysis) is 1. The number of nitrogens with one attached hydrogen (secondary N) is 1. The van der Waals surface area contributed by atoms with Gasteiger partial charge in [-0.25, -0.2) is 4.79 Å². The third-order valence-corrected chi connectivity index (χ3v) is 5.92. The molecular weight excluding hydrogens is 264 g/mol. The summed E-state index contributed by atoms with van der Waals surface area (Å²) in [6.07, 6.45) is 0.473. The molecule has 0 saturated carbocycles. The molecule has 7 heteroatoms. The van der Waals surface area contributed by atoms with E-state index in [-0.39, 0.29) is 6.09 Å². The van der Waals surface area contributed by atoms with E-state index in [0.29, 0.717) is 13.2 Å². The zero-order chi connectivity index (χ0) is 14.9. The molecule has 0 aromatic rings. The van der Waals surface area contributed by atoms with Crippen LogP contribution in [0.1, 0.15) is 6.42 Å². The van der Waals surface area contributed by atoms with Crippen LogP contribution in [-0.2, 0) is 13.6 Å². The van der Waals surface area contributed by atoms with E-state index in [2.05, 4.69) is 26.5 Å². The molecule has 6 nitrogen and oxygen atoms in total. The van der Waals surface area contributed by atoms with Crippen LogP contribution in [0.15, 0.2) is 0 Å². The van der Waals surface area contributed by atoms with Crippen LogP contribution in [0.25, 0.3) is 0 Å². The molecular formula is C12H29N2O4Si+. The standard InChI is InChI=1S/C12H28N2O4Si/c1-14(2,3)9-10-18-12(15)13-8-7-11-19(6,16-4)17-5/h7-11H2,1-6H3/p+1. The van der Waals surface area contributed by atoms with Gasteiger partial charge in [0.2, 0.25) is 0 Å². The molecule has 0 bridgehead atoms. The van der Waals surface area contributed by atoms with Crippen molar-refractivity contribution in [2.24, 2.45) is 0 Å². The molecule has 0 heterocycles. The van der Waals surface area contributed by atoms with Gasteiger partial charge in [-0.1, -0.05) is 0 Å². The molecule has 114 valence electrons. The molecule has 19 heavy (non-hydrogen) atoms. The van der Waals surface area contributed by atoms with Gasteiger partial charge in [-0.2, -0.15) is 0 Å². The highest BCUT2D eigenvalue weighted by molar-refractivity contribution is 6.65. The fourth-order valence-electron chi connectivity index (χ4n) is 1.35. The molecule has 0 unspecified atom stereocenters. The van der Waals surface area contributed by atoms with Gasteiger partial charge >= 0.3 is 14.7 Å². The van der Waals surface area contributed by atoms with E-state index in [1.165, 1.54) is 0 Å². The third kappa shape index (κ3) is 9.89. The Bertz CT molecular complexity index is 265. The van der Waals surface area contributed by atoms with Gasteiger partial charge < -0.3 is 23.4 Å². The van der Waals surface area contributed by atoms with Crippen molar-refractivity contribution < 1.29 is 22.9 Å². The summed E-state index contributed by atoms with van der Waals surface area (Å²) in [5.41, 5.74) is 0. The van der Waals surface area contributed by atoms with Gasteiger partial charge in [0, 0.05) is 20.8 Å². The predicted octanol–water partition coefficient (Wildman–Crippen LogP) is 1.17. The molecule has 0 atom stereocenters. The highest BCUT2D eigenvalue weighted by atomic mass is 28.4. The Labute approximate surface area is 117 Å². The van der Waals surface area contributed by atoms with Crippen LogP contribution in [0.2, 0.25) is 12.6 Å². The number of nitrogens with zero attached hydrogens (tertiary/aromatic N) is 1. The van der Waals surface area contributed by atoms with Gasteiger partial charge in [-0.05, 0) is 19.0 Å². The molecule has 1 N–H and O–H groups in total. The van der Waals surface area contributed by atoms with Crippen LogP contribution < -0.4 is 5.32 Å². The first kappa shape index (κ1) is 18.4. The molecule has 0 saturated heterocycles. The second-order valence-electron chi connectivity index (χ2n) is 5.72. The van der Waals surface area contributed by atoms with Gasteiger partial charge in [0.1, 0.15) is 13.2 Å². The quantitative estimate of drug-likeness (QED) is 0.394. The molecule has 0 aromatic carbocycles. The third-order valence-electron chi connectivity index (χ3n) is 2.94. The van der Waals surface area contributed by atoms with E-state index in [9.17, 15) is 4.79 Å². The summed E-state index contributed by atoms with van der Waals surface area (Å²) in [7, 11) is 7.50. The normalized spacial score (nSPS) is 12.3. The fraction of sp³-hybridized carbons (Fsp3) is 0.917. The van der Waals surface area contributed by atoms with Crippen LogP contribution in [0.5, 0.6) is 0 Å². The van der Waals surface area contributed by atoms with Gasteiger partial charge in [-0.15, -0.1) is 0 Å². The zero-order valence-corrected chi connectivity index (χ0v) is 14.1. The van der Waals surface area contributed by atoms with Crippen molar-refractivity contribution in [2.75, 3.05) is 55.1 Å². The van der Waals surface area contributed by atoms with Crippen LogP contribution in [0.3, 0.4) is 0 Å². The molecule has 0 radical (unpaired) electrons. The van der Waals surface area contributed by atoms with E-state index in [4.69, 9.17) is 13.6 Å². The monoisotopic (exact) mass is 293 g/mol. The van der Waals surface area contributed by atoms with Crippen LogP contribution in [-0.4, -0.2) is 74.2 Å². The van der Waals surface area contributed by atoms with E-state index < -0.39 is 8.56 Å². The number of carbonyl (C=O) groups is 1. The lowest BCUT2D eigenvalue weighted by Crippen LogP contribution is -2.39. The fourth-order valence-corrected chi connectivity index (χ4v) is 2.74. The summed E-state index contributed by atoms with van der Waals surface area (Å²) in [6, 6.07) is 0.846. The molecule has 0 spiro atoms. The minimum atomic E-state index is -2.01. The second-order valence-corrected chi connectivity index (χ2v) is 9.31. The van der Waals surface area contributed by atoms with E-state index in [1.807, 2.05) is 6.55 Å². The SMILES string of the molecule is CO[Si](C)(CCCNC(=O)OCC[N+](C)(C)C)OC. The summed E-state index contributed by atoms with van der Waals surface area (Å²) in [4.78, 5) is 11.4. The molecule has 0 aliphatic carbocycles. The molecule has 0 rings (SSSR count). The second kappa shape index (κ2) is 8.52. The maximum Gasteiger partial charge on any atom is 0.407 e. The minimum Gasteiger partial charge on any atom is -0.444 e. The first-order valence-corrected chi connectivity index (χ1v) is 9.06. The minimum absolute atomic E-state index is 0.355. The van der Waals surface area contributed by atoms with Crippen molar-refractivity contribution in [2.45, 2.75) is 19.0 Å². The lowest BCUT2D eigenvalue weighted by atomic mass is 10.5. The number of rotatable bonds is 9. The van der Waals surface area contributed by atoms with Crippen molar-refractivity contribution in [1.29, 1.82) is 0 Å². The maximum atomic E-state index is 11.4. The number of hydrogen-bond donors (Lipinski definition) is 1. The number of quaternary nitrogens is 1. The maximum absolute atomic E-state index is 11.4. The van der Waals surface area contributed by atoms with Crippen molar-refractivity contribution in [3.05, 3.63) is 0 Å². The summed E-state index contributed by atoms with van der Waals surface area (Å²) >= 11 is 0. The lowest BCUT2D eigenvalue weighted by molar-refractivity contribution is -0.870. The molecule has 0 aliphatic heterocycles. The van der Waals surface area contributed by atoms with E-state index >= 15 is 0 Å². The van der Waals surface area contributed by atoms with E-state index in [0.717, 1.165) is 23.5 Å². The average Bonchev–Trinajstić information content (AvgIpc) is 2.33. The highest BCUT2D eigenvalue weighted by Gasteiger charge is 2.27. The Kier molecular flexibility index (Phi) is 8.24. The van der Waals surface area contributed by atoms with Gasteiger partial charge in [0.15, 0.2) is 0 Å². The van der Waals surface area contributed by atoms with Gasteiger partial charge in [0.05, 0.1) is 21.1 Å². The first-order valence-electron chi connectivity index (χ1n) is 6.54. The topological polar surface area (TPSA) is 56.8 Å². The van der Waals surface area contributed by atoms with Crippen molar-refractivity contribution >= 4 is 14.7 Å². The molecule has 0 fully saturated rings. The summed E-state index contributed by atoms with van der Waals surface area (Å²) < 4.78 is 16.6. The van der Waals surface area contributed by atoms with Crippen molar-refractivity contribution in [1.82, 2.24) is 5.32 Å². The average molecular weight is 293 g/mol. The van der Waals surface area contributed by atoms with Crippen molar-refractivity contribution in [3.63, 3.8) is 0 Å². The predicted molar refractivity (Wildman–Crippen MR) is 77.3 cm³/mol. The number of likely N-dealkylation sites (N-methyl/N-ethyl adjacent to an activating group) is 1. The number of amides is 1. The Balaban J connectivity index is 3.64. The Morgan fingerprint density at radius 1 is 1.21 bits per heavy atom. The van der Waals surface area contributed by atoms with Gasteiger partial charge in [0.25, 0.3) is 0 Å². The Hall–Kier alpha value is -0.633. The largest absolute Gasteiger partial charge is 0.444 e. The van der Waals surface area contributed by atoms with E-state index in [1.54, 1.807) is 14.2 Å².